The lowest BCUT2D eigenvalue weighted by Gasteiger charge is -2.19. The Balaban J connectivity index is 2.53. The van der Waals surface area contributed by atoms with E-state index in [0.717, 1.165) is 37.3 Å². The van der Waals surface area contributed by atoms with Crippen molar-refractivity contribution >= 4 is 5.97 Å². The Kier molecular flexibility index (Phi) is 3.19. The topological polar surface area (TPSA) is 81.1 Å². The van der Waals surface area contributed by atoms with Gasteiger partial charge in [-0.15, -0.1) is 0 Å². The number of rotatable bonds is 3. The van der Waals surface area contributed by atoms with Crippen molar-refractivity contribution in [2.75, 3.05) is 0 Å². The smallest absolute Gasteiger partial charge is 0.326 e. The van der Waals surface area contributed by atoms with Gasteiger partial charge in [-0.05, 0) is 18.8 Å². The van der Waals surface area contributed by atoms with Gasteiger partial charge in [-0.2, -0.15) is 0 Å². The molecule has 5 nitrogen and oxygen atoms in total. The molecule has 0 spiro atoms. The highest BCUT2D eigenvalue weighted by Gasteiger charge is 2.28. The molecule has 1 aromatic heterocycles. The lowest BCUT2D eigenvalue weighted by molar-refractivity contribution is -0.138. The van der Waals surface area contributed by atoms with E-state index in [1.807, 2.05) is 18.4 Å². The number of nitrogens with two attached hydrogens (primary N) is 1. The van der Waals surface area contributed by atoms with Gasteiger partial charge in [0, 0.05) is 13.0 Å². The first-order chi connectivity index (χ1) is 8.02. The molecule has 0 saturated carbocycles. The quantitative estimate of drug-likeness (QED) is 0.833. The van der Waals surface area contributed by atoms with Crippen molar-refractivity contribution in [3.63, 3.8) is 0 Å². The van der Waals surface area contributed by atoms with E-state index in [4.69, 9.17) is 10.8 Å². The Labute approximate surface area is 101 Å². The van der Waals surface area contributed by atoms with Crippen molar-refractivity contribution < 1.29 is 9.90 Å². The van der Waals surface area contributed by atoms with Crippen LogP contribution in [0.2, 0.25) is 0 Å². The van der Waals surface area contributed by atoms with Gasteiger partial charge in [-0.1, -0.05) is 13.8 Å². The molecule has 2 heterocycles. The number of aliphatic carboxylic acids is 1. The number of nitrogens with zero attached hydrogens (tertiary/aromatic N) is 2. The van der Waals surface area contributed by atoms with Gasteiger partial charge in [0.1, 0.15) is 11.9 Å². The molecule has 3 N–H and O–H groups in total. The van der Waals surface area contributed by atoms with Crippen molar-refractivity contribution in [1.82, 2.24) is 9.55 Å². The fraction of sp³-hybridized carbons (Fsp3) is 0.667. The summed E-state index contributed by atoms with van der Waals surface area (Å²) in [5.41, 5.74) is 7.33. The molecule has 17 heavy (non-hydrogen) atoms. The molecule has 0 bridgehead atoms. The van der Waals surface area contributed by atoms with Crippen molar-refractivity contribution in [2.45, 2.75) is 51.6 Å². The summed E-state index contributed by atoms with van der Waals surface area (Å²) in [5.74, 6) is 0.209. The maximum absolute atomic E-state index is 11.1. The molecular weight excluding hydrogens is 218 g/mol. The predicted octanol–water partition coefficient (Wildman–Crippen LogP) is 1.43. The molecule has 1 aromatic rings. The number of carboxylic acid groups (broad SMARTS) is 1. The van der Waals surface area contributed by atoms with E-state index in [1.54, 1.807) is 0 Å². The molecule has 0 aromatic carbocycles. The number of aromatic nitrogens is 2. The number of aryl methyl sites for hydroxylation is 1. The van der Waals surface area contributed by atoms with Crippen LogP contribution in [0.1, 0.15) is 55.9 Å². The van der Waals surface area contributed by atoms with Crippen molar-refractivity contribution in [2.24, 2.45) is 5.73 Å². The second kappa shape index (κ2) is 4.49. The number of imidazole rings is 1. The first-order valence-electron chi connectivity index (χ1n) is 6.10. The van der Waals surface area contributed by atoms with Crippen molar-refractivity contribution in [1.29, 1.82) is 0 Å². The first-order valence-corrected chi connectivity index (χ1v) is 6.10. The zero-order valence-electron chi connectivity index (χ0n) is 10.3. The van der Waals surface area contributed by atoms with Gasteiger partial charge in [0.05, 0.1) is 11.4 Å². The highest BCUT2D eigenvalue weighted by atomic mass is 16.4. The molecule has 1 aliphatic heterocycles. The molecule has 0 saturated heterocycles. The van der Waals surface area contributed by atoms with Gasteiger partial charge in [-0.25, -0.2) is 4.98 Å². The zero-order valence-corrected chi connectivity index (χ0v) is 10.3. The summed E-state index contributed by atoms with van der Waals surface area (Å²) in [6.45, 7) is 4.88. The summed E-state index contributed by atoms with van der Waals surface area (Å²) in [6, 6.07) is -0.966. The van der Waals surface area contributed by atoms with Crippen molar-refractivity contribution in [3.8, 4) is 0 Å². The molecule has 94 valence electrons. The van der Waals surface area contributed by atoms with Crippen LogP contribution in [0.4, 0.5) is 0 Å². The van der Waals surface area contributed by atoms with Gasteiger partial charge < -0.3 is 15.4 Å². The van der Waals surface area contributed by atoms with E-state index in [2.05, 4.69) is 4.98 Å². The highest BCUT2D eigenvalue weighted by molar-refractivity contribution is 5.75. The number of carboxylic acids is 1. The lowest BCUT2D eigenvalue weighted by atomic mass is 10.0. The normalized spacial score (nSPS) is 16.9. The van der Waals surface area contributed by atoms with Gasteiger partial charge >= 0.3 is 5.97 Å². The summed E-state index contributed by atoms with van der Waals surface area (Å²) in [6.07, 6.45) is 3.11. The van der Waals surface area contributed by atoms with Crippen LogP contribution in [0.25, 0.3) is 0 Å². The van der Waals surface area contributed by atoms with Crippen LogP contribution in [-0.4, -0.2) is 20.6 Å². The monoisotopic (exact) mass is 237 g/mol. The first kappa shape index (κ1) is 12.1. The minimum absolute atomic E-state index is 0.202. The Morgan fingerprint density at radius 2 is 2.18 bits per heavy atom. The van der Waals surface area contributed by atoms with Crippen LogP contribution >= 0.6 is 0 Å². The molecule has 1 aliphatic rings. The van der Waals surface area contributed by atoms with Crippen LogP contribution in [-0.2, 0) is 17.8 Å². The Morgan fingerprint density at radius 3 is 2.76 bits per heavy atom. The third-order valence-electron chi connectivity index (χ3n) is 3.25. The van der Waals surface area contributed by atoms with Crippen LogP contribution in [0.5, 0.6) is 0 Å². The number of hydrogen-bond acceptors (Lipinski definition) is 3. The van der Waals surface area contributed by atoms with E-state index < -0.39 is 12.0 Å². The zero-order chi connectivity index (χ0) is 12.6. The Morgan fingerprint density at radius 1 is 1.47 bits per heavy atom. The molecule has 0 aliphatic carbocycles. The fourth-order valence-electron chi connectivity index (χ4n) is 2.40. The molecular formula is C12H19N3O2. The number of hydrogen-bond donors (Lipinski definition) is 2. The average molecular weight is 237 g/mol. The molecule has 0 amide bonds. The SMILES string of the molecule is CC(C)c1nc2n(c1C(N)C(=O)O)CCCC2. The molecule has 2 rings (SSSR count). The number of carbonyl (C=O) groups is 1. The summed E-state index contributed by atoms with van der Waals surface area (Å²) >= 11 is 0. The average Bonchev–Trinajstić information content (AvgIpc) is 2.67. The van der Waals surface area contributed by atoms with E-state index in [9.17, 15) is 4.79 Å². The van der Waals surface area contributed by atoms with Gasteiger partial charge in [-0.3, -0.25) is 4.79 Å². The minimum Gasteiger partial charge on any atom is -0.480 e. The van der Waals surface area contributed by atoms with E-state index in [0.29, 0.717) is 5.69 Å². The van der Waals surface area contributed by atoms with Gasteiger partial charge in [0.2, 0.25) is 0 Å². The maximum atomic E-state index is 11.1. The summed E-state index contributed by atoms with van der Waals surface area (Å²) in [7, 11) is 0. The summed E-state index contributed by atoms with van der Waals surface area (Å²) in [5, 5.41) is 9.10. The van der Waals surface area contributed by atoms with Gasteiger partial charge in [0.25, 0.3) is 0 Å². The second-order valence-electron chi connectivity index (χ2n) is 4.88. The van der Waals surface area contributed by atoms with Crippen LogP contribution in [0, 0.1) is 0 Å². The van der Waals surface area contributed by atoms with E-state index in [1.165, 1.54) is 0 Å². The largest absolute Gasteiger partial charge is 0.480 e. The lowest BCUT2D eigenvalue weighted by Crippen LogP contribution is -2.26. The summed E-state index contributed by atoms with van der Waals surface area (Å²) in [4.78, 5) is 15.7. The second-order valence-corrected chi connectivity index (χ2v) is 4.88. The molecule has 5 heteroatoms. The standard InChI is InChI=1S/C12H19N3O2/c1-7(2)10-11(9(13)12(16)17)15-6-4-3-5-8(15)14-10/h7,9H,3-6,13H2,1-2H3,(H,16,17). The molecule has 1 unspecified atom stereocenters. The van der Waals surface area contributed by atoms with E-state index in [-0.39, 0.29) is 5.92 Å². The van der Waals surface area contributed by atoms with Crippen LogP contribution < -0.4 is 5.73 Å². The van der Waals surface area contributed by atoms with Crippen molar-refractivity contribution in [3.05, 3.63) is 17.2 Å². The van der Waals surface area contributed by atoms with Gasteiger partial charge in [0.15, 0.2) is 0 Å². The molecule has 0 fully saturated rings. The third kappa shape index (κ3) is 2.07. The third-order valence-corrected chi connectivity index (χ3v) is 3.25. The van der Waals surface area contributed by atoms with Crippen LogP contribution in [0.15, 0.2) is 0 Å². The molecule has 1 atom stereocenters. The molecule has 0 radical (unpaired) electrons. The fourth-order valence-corrected chi connectivity index (χ4v) is 2.40. The Bertz CT molecular complexity index is 437. The predicted molar refractivity (Wildman–Crippen MR) is 63.8 cm³/mol. The number of fused-ring (bicyclic) bond motifs is 1. The minimum atomic E-state index is -0.986. The summed E-state index contributed by atoms with van der Waals surface area (Å²) < 4.78 is 2.01. The van der Waals surface area contributed by atoms with E-state index >= 15 is 0 Å². The Hall–Kier alpha value is -1.36. The van der Waals surface area contributed by atoms with Crippen LogP contribution in [0.3, 0.4) is 0 Å². The maximum Gasteiger partial charge on any atom is 0.326 e. The highest BCUT2D eigenvalue weighted by Crippen LogP contribution is 2.28.